The molecule has 4 nitrogen and oxygen atoms in total. The number of alkyl halides is 3. The molecule has 0 unspecified atom stereocenters. The fourth-order valence-corrected chi connectivity index (χ4v) is 2.64. The highest BCUT2D eigenvalue weighted by Crippen LogP contribution is 2.37. The number of nitrogens with zero attached hydrogens (tertiary/aromatic N) is 2. The van der Waals surface area contributed by atoms with Crippen molar-refractivity contribution < 1.29 is 23.1 Å². The molecule has 1 heterocycles. The molecule has 0 saturated heterocycles. The second kappa shape index (κ2) is 6.08. The molecular weight excluding hydrogens is 333 g/mol. The second-order valence-corrected chi connectivity index (χ2v) is 5.48. The zero-order valence-corrected chi connectivity index (χ0v) is 13.1. The van der Waals surface area contributed by atoms with Crippen molar-refractivity contribution in [3.63, 3.8) is 0 Å². The number of aromatic nitrogens is 2. The quantitative estimate of drug-likeness (QED) is 0.756. The molecule has 0 fully saturated rings. The Labute approximate surface area is 141 Å². The van der Waals surface area contributed by atoms with E-state index in [0.29, 0.717) is 16.9 Å². The first kappa shape index (κ1) is 16.8. The van der Waals surface area contributed by atoms with Crippen LogP contribution in [-0.2, 0) is 6.18 Å². The molecule has 2 aromatic carbocycles. The molecule has 3 aromatic rings. The third-order valence-corrected chi connectivity index (χ3v) is 3.68. The van der Waals surface area contributed by atoms with Crippen LogP contribution in [0.15, 0.2) is 54.6 Å². The molecule has 0 saturated carbocycles. The van der Waals surface area contributed by atoms with E-state index in [1.54, 1.807) is 25.1 Å². The summed E-state index contributed by atoms with van der Waals surface area (Å²) in [5.41, 5.74) is 0.423. The van der Waals surface area contributed by atoms with E-state index in [4.69, 9.17) is 0 Å². The number of halogens is 3. The highest BCUT2D eigenvalue weighted by Gasteiger charge is 2.33. The third-order valence-electron chi connectivity index (χ3n) is 3.68. The molecule has 0 aliphatic heterocycles. The van der Waals surface area contributed by atoms with Gasteiger partial charge in [0.15, 0.2) is 5.69 Å². The second-order valence-electron chi connectivity index (χ2n) is 5.48. The van der Waals surface area contributed by atoms with Gasteiger partial charge in [-0.15, -0.1) is 0 Å². The standard InChI is InChI=1S/C18H13F3N2O2/c1-11-9-16(17(24)25)23(22-11)13-6-4-5-12(10-13)14-7-2-3-8-15(14)18(19,20)21/h2-10H,1H3,(H,24,25). The number of hydrogen-bond donors (Lipinski definition) is 1. The topological polar surface area (TPSA) is 55.1 Å². The maximum atomic E-state index is 13.2. The summed E-state index contributed by atoms with van der Waals surface area (Å²) in [4.78, 5) is 11.3. The van der Waals surface area contributed by atoms with Crippen LogP contribution in [0.2, 0.25) is 0 Å². The smallest absolute Gasteiger partial charge is 0.417 e. The van der Waals surface area contributed by atoms with Gasteiger partial charge < -0.3 is 5.11 Å². The Hall–Kier alpha value is -3.09. The molecule has 0 spiro atoms. The summed E-state index contributed by atoms with van der Waals surface area (Å²) < 4.78 is 40.9. The van der Waals surface area contributed by atoms with Crippen molar-refractivity contribution in [1.82, 2.24) is 9.78 Å². The van der Waals surface area contributed by atoms with Crippen LogP contribution in [0.3, 0.4) is 0 Å². The molecule has 7 heteroatoms. The van der Waals surface area contributed by atoms with Crippen molar-refractivity contribution in [2.45, 2.75) is 13.1 Å². The van der Waals surface area contributed by atoms with Crippen LogP contribution in [0, 0.1) is 6.92 Å². The third kappa shape index (κ3) is 3.26. The predicted octanol–water partition coefficient (Wildman–Crippen LogP) is 4.56. The molecule has 0 amide bonds. The molecule has 1 aromatic heterocycles. The van der Waals surface area contributed by atoms with Crippen LogP contribution >= 0.6 is 0 Å². The van der Waals surface area contributed by atoms with E-state index in [2.05, 4.69) is 5.10 Å². The number of aryl methyl sites for hydroxylation is 1. The van der Waals surface area contributed by atoms with E-state index in [1.165, 1.54) is 35.0 Å². The molecule has 0 radical (unpaired) electrons. The maximum Gasteiger partial charge on any atom is 0.417 e. The monoisotopic (exact) mass is 346 g/mol. The van der Waals surface area contributed by atoms with E-state index in [0.717, 1.165) is 6.07 Å². The van der Waals surface area contributed by atoms with E-state index in [1.807, 2.05) is 0 Å². The predicted molar refractivity (Wildman–Crippen MR) is 85.7 cm³/mol. The van der Waals surface area contributed by atoms with Crippen molar-refractivity contribution in [1.29, 1.82) is 0 Å². The highest BCUT2D eigenvalue weighted by molar-refractivity contribution is 5.86. The molecular formula is C18H13F3N2O2. The average Bonchev–Trinajstić information content (AvgIpc) is 2.96. The van der Waals surface area contributed by atoms with Crippen molar-refractivity contribution in [3.05, 3.63) is 71.5 Å². The normalized spacial score (nSPS) is 11.5. The van der Waals surface area contributed by atoms with Gasteiger partial charge in [0.25, 0.3) is 0 Å². The SMILES string of the molecule is Cc1cc(C(=O)O)n(-c2cccc(-c3ccccc3C(F)(F)F)c2)n1. The van der Waals surface area contributed by atoms with E-state index >= 15 is 0 Å². The van der Waals surface area contributed by atoms with Gasteiger partial charge in [-0.3, -0.25) is 0 Å². The van der Waals surface area contributed by atoms with Crippen LogP contribution in [0.5, 0.6) is 0 Å². The lowest BCUT2D eigenvalue weighted by Gasteiger charge is -2.14. The summed E-state index contributed by atoms with van der Waals surface area (Å²) >= 11 is 0. The Morgan fingerprint density at radius 3 is 2.48 bits per heavy atom. The van der Waals surface area contributed by atoms with Crippen LogP contribution in [-0.4, -0.2) is 20.9 Å². The summed E-state index contributed by atoms with van der Waals surface area (Å²) in [6, 6.07) is 12.9. The molecule has 3 rings (SSSR count). The van der Waals surface area contributed by atoms with Gasteiger partial charge in [-0.25, -0.2) is 9.48 Å². The minimum Gasteiger partial charge on any atom is -0.477 e. The van der Waals surface area contributed by atoms with Crippen molar-refractivity contribution >= 4 is 5.97 Å². The average molecular weight is 346 g/mol. The van der Waals surface area contributed by atoms with Crippen LogP contribution < -0.4 is 0 Å². The number of benzene rings is 2. The van der Waals surface area contributed by atoms with Gasteiger partial charge in [-0.2, -0.15) is 18.3 Å². The number of rotatable bonds is 3. The zero-order valence-electron chi connectivity index (χ0n) is 13.1. The van der Waals surface area contributed by atoms with Gasteiger partial charge in [-0.1, -0.05) is 30.3 Å². The summed E-state index contributed by atoms with van der Waals surface area (Å²) in [6.45, 7) is 1.64. The van der Waals surface area contributed by atoms with Gasteiger partial charge in [-0.05, 0) is 42.3 Å². The number of carbonyl (C=O) groups is 1. The summed E-state index contributed by atoms with van der Waals surface area (Å²) in [7, 11) is 0. The van der Waals surface area contributed by atoms with Gasteiger partial charge in [0.2, 0.25) is 0 Å². The molecule has 1 N–H and O–H groups in total. The van der Waals surface area contributed by atoms with Gasteiger partial charge >= 0.3 is 12.1 Å². The van der Waals surface area contributed by atoms with E-state index < -0.39 is 17.7 Å². The van der Waals surface area contributed by atoms with Crippen LogP contribution in [0.1, 0.15) is 21.7 Å². The molecule has 25 heavy (non-hydrogen) atoms. The van der Waals surface area contributed by atoms with Crippen molar-refractivity contribution in [3.8, 4) is 16.8 Å². The first-order valence-electron chi connectivity index (χ1n) is 7.34. The Morgan fingerprint density at radius 1 is 1.08 bits per heavy atom. The Balaban J connectivity index is 2.15. The maximum absolute atomic E-state index is 13.2. The van der Waals surface area contributed by atoms with E-state index in [-0.39, 0.29) is 11.3 Å². The molecule has 0 aliphatic rings. The molecule has 0 aliphatic carbocycles. The van der Waals surface area contributed by atoms with Crippen LogP contribution in [0.25, 0.3) is 16.8 Å². The lowest BCUT2D eigenvalue weighted by atomic mass is 9.99. The summed E-state index contributed by atoms with van der Waals surface area (Å²) in [5.74, 6) is -1.17. The Bertz CT molecular complexity index is 945. The zero-order chi connectivity index (χ0) is 18.2. The lowest BCUT2D eigenvalue weighted by Crippen LogP contribution is -2.09. The minimum atomic E-state index is -4.49. The lowest BCUT2D eigenvalue weighted by molar-refractivity contribution is -0.137. The van der Waals surface area contributed by atoms with Gasteiger partial charge in [0, 0.05) is 0 Å². The van der Waals surface area contributed by atoms with Gasteiger partial charge in [0.05, 0.1) is 16.9 Å². The molecule has 0 bridgehead atoms. The van der Waals surface area contributed by atoms with E-state index in [9.17, 15) is 23.1 Å². The number of aromatic carboxylic acids is 1. The Morgan fingerprint density at radius 2 is 1.80 bits per heavy atom. The Kier molecular flexibility index (Phi) is 4.08. The molecule has 0 atom stereocenters. The number of carboxylic acids is 1. The summed E-state index contributed by atoms with van der Waals surface area (Å²) in [5, 5.41) is 13.4. The minimum absolute atomic E-state index is 0.0256. The first-order valence-corrected chi connectivity index (χ1v) is 7.34. The summed E-state index contributed by atoms with van der Waals surface area (Å²) in [6.07, 6.45) is -4.49. The molecule has 128 valence electrons. The van der Waals surface area contributed by atoms with Crippen molar-refractivity contribution in [2.75, 3.05) is 0 Å². The fraction of sp³-hybridized carbons (Fsp3) is 0.111. The number of hydrogen-bond acceptors (Lipinski definition) is 2. The number of carboxylic acid groups (broad SMARTS) is 1. The van der Waals surface area contributed by atoms with Gasteiger partial charge in [0.1, 0.15) is 0 Å². The highest BCUT2D eigenvalue weighted by atomic mass is 19.4. The van der Waals surface area contributed by atoms with Crippen LogP contribution in [0.4, 0.5) is 13.2 Å². The largest absolute Gasteiger partial charge is 0.477 e. The van der Waals surface area contributed by atoms with Crippen molar-refractivity contribution in [2.24, 2.45) is 0 Å². The fourth-order valence-electron chi connectivity index (χ4n) is 2.64. The first-order chi connectivity index (χ1) is 11.8.